The van der Waals surface area contributed by atoms with Gasteiger partial charge in [-0.05, 0) is 55.4 Å². The maximum absolute atomic E-state index is 13.0. The summed E-state index contributed by atoms with van der Waals surface area (Å²) >= 11 is 0. The molecule has 0 radical (unpaired) electrons. The molecule has 0 heterocycles. The Hall–Kier alpha value is -1.38. The molecule has 1 aromatic carbocycles. The van der Waals surface area contributed by atoms with Gasteiger partial charge in [-0.25, -0.2) is 4.39 Å². The van der Waals surface area contributed by atoms with E-state index in [1.165, 1.54) is 37.8 Å². The molecule has 0 atom stereocenters. The summed E-state index contributed by atoms with van der Waals surface area (Å²) in [5.41, 5.74) is 1.55. The van der Waals surface area contributed by atoms with Crippen LogP contribution in [0.4, 0.5) is 4.39 Å². The van der Waals surface area contributed by atoms with Crippen LogP contribution >= 0.6 is 0 Å². The minimum Gasteiger partial charge on any atom is -0.351 e. The van der Waals surface area contributed by atoms with E-state index < -0.39 is 0 Å². The van der Waals surface area contributed by atoms with Gasteiger partial charge in [0.15, 0.2) is 0 Å². The first-order valence-corrected chi connectivity index (χ1v) is 7.11. The van der Waals surface area contributed by atoms with E-state index in [2.05, 4.69) is 12.2 Å². The van der Waals surface area contributed by atoms with Crippen LogP contribution in [0.5, 0.6) is 0 Å². The molecule has 1 aliphatic carbocycles. The van der Waals surface area contributed by atoms with Gasteiger partial charge < -0.3 is 5.32 Å². The van der Waals surface area contributed by atoms with Crippen LogP contribution in [0, 0.1) is 18.2 Å². The summed E-state index contributed by atoms with van der Waals surface area (Å²) < 4.78 is 13.0. The summed E-state index contributed by atoms with van der Waals surface area (Å²) in [5.74, 6) is -0.382. The van der Waals surface area contributed by atoms with Gasteiger partial charge in [0, 0.05) is 12.1 Å². The van der Waals surface area contributed by atoms with E-state index in [4.69, 9.17) is 0 Å². The number of aryl methyl sites for hydroxylation is 1. The van der Waals surface area contributed by atoms with Crippen LogP contribution in [0.1, 0.15) is 54.9 Å². The number of rotatable bonds is 4. The molecular weight excluding hydrogens is 241 g/mol. The SMILES string of the molecule is CCC1(CNC(=O)c2ccc(F)cc2C)CCCC1. The highest BCUT2D eigenvalue weighted by atomic mass is 19.1. The molecule has 1 aromatic rings. The molecular formula is C16H22FNO. The molecule has 1 N–H and O–H groups in total. The van der Waals surface area contributed by atoms with Crippen molar-refractivity contribution in [1.82, 2.24) is 5.32 Å². The van der Waals surface area contributed by atoms with Crippen LogP contribution in [0.2, 0.25) is 0 Å². The van der Waals surface area contributed by atoms with Crippen molar-refractivity contribution in [3.8, 4) is 0 Å². The first-order chi connectivity index (χ1) is 9.06. The van der Waals surface area contributed by atoms with Crippen molar-refractivity contribution in [2.24, 2.45) is 5.41 Å². The average molecular weight is 263 g/mol. The minimum absolute atomic E-state index is 0.0859. The lowest BCUT2D eigenvalue weighted by Crippen LogP contribution is -2.35. The van der Waals surface area contributed by atoms with Crippen LogP contribution in [0.25, 0.3) is 0 Å². The van der Waals surface area contributed by atoms with Crippen LogP contribution in [0.3, 0.4) is 0 Å². The molecule has 19 heavy (non-hydrogen) atoms. The van der Waals surface area contributed by atoms with Crippen molar-refractivity contribution in [2.45, 2.75) is 46.0 Å². The quantitative estimate of drug-likeness (QED) is 0.878. The van der Waals surface area contributed by atoms with E-state index in [1.807, 2.05) is 0 Å². The number of hydrogen-bond acceptors (Lipinski definition) is 1. The summed E-state index contributed by atoms with van der Waals surface area (Å²) in [6.45, 7) is 4.70. The summed E-state index contributed by atoms with van der Waals surface area (Å²) in [5, 5.41) is 3.03. The van der Waals surface area contributed by atoms with E-state index in [-0.39, 0.29) is 17.1 Å². The molecule has 0 unspecified atom stereocenters. The summed E-state index contributed by atoms with van der Waals surface area (Å²) in [7, 11) is 0. The van der Waals surface area contributed by atoms with Gasteiger partial charge in [0.1, 0.15) is 5.82 Å². The fourth-order valence-corrected chi connectivity index (χ4v) is 3.03. The molecule has 0 aliphatic heterocycles. The number of nitrogens with one attached hydrogen (secondary N) is 1. The monoisotopic (exact) mass is 263 g/mol. The first kappa shape index (κ1) is 14.0. The van der Waals surface area contributed by atoms with Crippen LogP contribution in [-0.2, 0) is 0 Å². The van der Waals surface area contributed by atoms with Gasteiger partial charge in [-0.3, -0.25) is 4.79 Å². The Morgan fingerprint density at radius 3 is 2.63 bits per heavy atom. The summed E-state index contributed by atoms with van der Waals surface area (Å²) in [6.07, 6.45) is 6.03. The third-order valence-electron chi connectivity index (χ3n) is 4.47. The van der Waals surface area contributed by atoms with E-state index in [0.29, 0.717) is 11.1 Å². The lowest BCUT2D eigenvalue weighted by atomic mass is 9.83. The normalized spacial score (nSPS) is 17.4. The van der Waals surface area contributed by atoms with Crippen LogP contribution in [0.15, 0.2) is 18.2 Å². The molecule has 2 rings (SSSR count). The van der Waals surface area contributed by atoms with Crippen molar-refractivity contribution in [3.63, 3.8) is 0 Å². The van der Waals surface area contributed by atoms with Crippen LogP contribution in [-0.4, -0.2) is 12.5 Å². The number of amides is 1. The molecule has 0 bridgehead atoms. The Labute approximate surface area is 114 Å². The highest BCUT2D eigenvalue weighted by Crippen LogP contribution is 2.40. The van der Waals surface area contributed by atoms with E-state index >= 15 is 0 Å². The highest BCUT2D eigenvalue weighted by molar-refractivity contribution is 5.95. The molecule has 0 aromatic heterocycles. The second kappa shape index (κ2) is 5.72. The molecule has 104 valence electrons. The third-order valence-corrected chi connectivity index (χ3v) is 4.47. The largest absolute Gasteiger partial charge is 0.351 e. The molecule has 1 aliphatic rings. The van der Waals surface area contributed by atoms with Crippen molar-refractivity contribution in [2.75, 3.05) is 6.54 Å². The van der Waals surface area contributed by atoms with Crippen molar-refractivity contribution in [1.29, 1.82) is 0 Å². The Balaban J connectivity index is 2.01. The zero-order chi connectivity index (χ0) is 13.9. The number of halogens is 1. The Bertz CT molecular complexity index is 464. The van der Waals surface area contributed by atoms with Crippen molar-refractivity contribution < 1.29 is 9.18 Å². The molecule has 1 fully saturated rings. The topological polar surface area (TPSA) is 29.1 Å². The molecule has 1 saturated carbocycles. The van der Waals surface area contributed by atoms with Crippen molar-refractivity contribution in [3.05, 3.63) is 35.1 Å². The van der Waals surface area contributed by atoms with Gasteiger partial charge in [-0.15, -0.1) is 0 Å². The Morgan fingerprint density at radius 2 is 2.05 bits per heavy atom. The number of benzene rings is 1. The van der Waals surface area contributed by atoms with Gasteiger partial charge in [0.25, 0.3) is 5.91 Å². The van der Waals surface area contributed by atoms with Crippen LogP contribution < -0.4 is 5.32 Å². The smallest absolute Gasteiger partial charge is 0.251 e. The predicted molar refractivity (Wildman–Crippen MR) is 74.7 cm³/mol. The number of carbonyl (C=O) groups excluding carboxylic acids is 1. The van der Waals surface area contributed by atoms with E-state index in [1.54, 1.807) is 13.0 Å². The van der Waals surface area contributed by atoms with E-state index in [0.717, 1.165) is 13.0 Å². The first-order valence-electron chi connectivity index (χ1n) is 7.11. The second-order valence-corrected chi connectivity index (χ2v) is 5.70. The average Bonchev–Trinajstić information content (AvgIpc) is 2.85. The molecule has 0 saturated heterocycles. The Morgan fingerprint density at radius 1 is 1.37 bits per heavy atom. The molecule has 2 nitrogen and oxygen atoms in total. The van der Waals surface area contributed by atoms with Gasteiger partial charge in [-0.1, -0.05) is 19.8 Å². The summed E-state index contributed by atoms with van der Waals surface area (Å²) in [6, 6.07) is 4.31. The lowest BCUT2D eigenvalue weighted by Gasteiger charge is -2.27. The molecule has 0 spiro atoms. The van der Waals surface area contributed by atoms with E-state index in [9.17, 15) is 9.18 Å². The fourth-order valence-electron chi connectivity index (χ4n) is 3.03. The Kier molecular flexibility index (Phi) is 4.23. The predicted octanol–water partition coefficient (Wildman–Crippen LogP) is 3.83. The number of hydrogen-bond donors (Lipinski definition) is 1. The maximum atomic E-state index is 13.0. The van der Waals surface area contributed by atoms with Gasteiger partial charge >= 0.3 is 0 Å². The molecule has 3 heteroatoms. The number of carbonyl (C=O) groups is 1. The second-order valence-electron chi connectivity index (χ2n) is 5.70. The van der Waals surface area contributed by atoms with Gasteiger partial charge in [0.05, 0.1) is 0 Å². The van der Waals surface area contributed by atoms with Gasteiger partial charge in [-0.2, -0.15) is 0 Å². The summed E-state index contributed by atoms with van der Waals surface area (Å²) in [4.78, 5) is 12.2. The fraction of sp³-hybridized carbons (Fsp3) is 0.562. The minimum atomic E-state index is -0.296. The third kappa shape index (κ3) is 3.14. The highest BCUT2D eigenvalue weighted by Gasteiger charge is 2.32. The maximum Gasteiger partial charge on any atom is 0.251 e. The molecule has 1 amide bonds. The zero-order valence-electron chi connectivity index (χ0n) is 11.8. The van der Waals surface area contributed by atoms with Crippen molar-refractivity contribution >= 4 is 5.91 Å². The van der Waals surface area contributed by atoms with Gasteiger partial charge in [0.2, 0.25) is 0 Å². The zero-order valence-corrected chi connectivity index (χ0v) is 11.8. The standard InChI is InChI=1S/C16H22FNO/c1-3-16(8-4-5-9-16)11-18-15(19)14-7-6-13(17)10-12(14)2/h6-7,10H,3-5,8-9,11H2,1-2H3,(H,18,19). The lowest BCUT2D eigenvalue weighted by molar-refractivity contribution is 0.0928.